The lowest BCUT2D eigenvalue weighted by atomic mass is 9.98. The molecule has 29 heavy (non-hydrogen) atoms. The van der Waals surface area contributed by atoms with Gasteiger partial charge in [-0.15, -0.1) is 0 Å². The number of hydrogen-bond acceptors (Lipinski definition) is 5. The predicted molar refractivity (Wildman–Crippen MR) is 114 cm³/mol. The van der Waals surface area contributed by atoms with Gasteiger partial charge in [0.15, 0.2) is 0 Å². The smallest absolute Gasteiger partial charge is 0.274 e. The fraction of sp³-hybridized carbons (Fsp3) is 0.174. The molecule has 4 rings (SSSR count). The molecule has 0 spiro atoms. The second-order valence-electron chi connectivity index (χ2n) is 6.88. The summed E-state index contributed by atoms with van der Waals surface area (Å²) in [5.41, 5.74) is 6.90. The topological polar surface area (TPSA) is 61.8 Å². The number of fused-ring (bicyclic) bond motifs is 1. The van der Waals surface area contributed by atoms with E-state index in [1.165, 1.54) is 16.0 Å². The van der Waals surface area contributed by atoms with Crippen molar-refractivity contribution in [2.45, 2.75) is 17.9 Å². The number of amides is 1. The summed E-state index contributed by atoms with van der Waals surface area (Å²) in [5, 5.41) is 8.80. The van der Waals surface area contributed by atoms with E-state index in [4.69, 9.17) is 9.94 Å². The predicted octanol–water partition coefficient (Wildman–Crippen LogP) is 4.55. The molecule has 0 fully saturated rings. The Morgan fingerprint density at radius 3 is 2.34 bits per heavy atom. The largest absolute Gasteiger partial charge is 0.497 e. The van der Waals surface area contributed by atoms with E-state index in [0.717, 1.165) is 36.4 Å². The second-order valence-corrected chi connectivity index (χ2v) is 8.05. The number of hydroxylamine groups is 1. The van der Waals surface area contributed by atoms with Crippen LogP contribution in [-0.4, -0.2) is 29.1 Å². The van der Waals surface area contributed by atoms with Crippen molar-refractivity contribution in [1.82, 2.24) is 9.79 Å². The quantitative estimate of drug-likeness (QED) is 0.370. The van der Waals surface area contributed by atoms with Crippen LogP contribution in [0.5, 0.6) is 5.75 Å². The first-order chi connectivity index (χ1) is 14.2. The van der Waals surface area contributed by atoms with Crippen molar-refractivity contribution in [3.63, 3.8) is 0 Å². The van der Waals surface area contributed by atoms with Gasteiger partial charge in [0.05, 0.1) is 7.11 Å². The van der Waals surface area contributed by atoms with E-state index in [9.17, 15) is 4.79 Å². The maximum Gasteiger partial charge on any atom is 0.274 e. The minimum Gasteiger partial charge on any atom is -0.497 e. The zero-order valence-electron chi connectivity index (χ0n) is 16.1. The van der Waals surface area contributed by atoms with Crippen LogP contribution in [0.3, 0.4) is 0 Å². The Morgan fingerprint density at radius 2 is 1.69 bits per heavy atom. The summed E-state index contributed by atoms with van der Waals surface area (Å²) in [4.78, 5) is 12.8. The molecule has 0 radical (unpaired) electrons. The molecule has 0 atom stereocenters. The lowest BCUT2D eigenvalue weighted by molar-refractivity contribution is 0.0706. The molecule has 1 aliphatic rings. The first-order valence-corrected chi connectivity index (χ1v) is 10.2. The van der Waals surface area contributed by atoms with Crippen molar-refractivity contribution in [3.8, 4) is 16.9 Å². The van der Waals surface area contributed by atoms with Gasteiger partial charge < -0.3 is 4.74 Å². The molecule has 0 aliphatic carbocycles. The number of rotatable bonds is 5. The average molecular weight is 407 g/mol. The van der Waals surface area contributed by atoms with Gasteiger partial charge in [-0.1, -0.05) is 30.3 Å². The van der Waals surface area contributed by atoms with Crippen molar-refractivity contribution in [2.75, 3.05) is 13.7 Å². The summed E-state index contributed by atoms with van der Waals surface area (Å²) in [6.07, 6.45) is 0.874. The van der Waals surface area contributed by atoms with E-state index in [0.29, 0.717) is 5.56 Å². The van der Waals surface area contributed by atoms with Gasteiger partial charge in [-0.05, 0) is 77.0 Å². The number of nitrogens with one attached hydrogen (secondary N) is 1. The van der Waals surface area contributed by atoms with Gasteiger partial charge in [0.2, 0.25) is 0 Å². The second kappa shape index (κ2) is 8.69. The lowest BCUT2D eigenvalue weighted by Gasteiger charge is -2.28. The Kier molecular flexibility index (Phi) is 5.85. The van der Waals surface area contributed by atoms with Gasteiger partial charge in [-0.2, -0.15) is 0 Å². The molecular weight excluding hydrogens is 384 g/mol. The molecule has 3 aromatic carbocycles. The molecule has 0 unspecified atom stereocenters. The Morgan fingerprint density at radius 1 is 1.00 bits per heavy atom. The van der Waals surface area contributed by atoms with Crippen LogP contribution in [0.2, 0.25) is 0 Å². The summed E-state index contributed by atoms with van der Waals surface area (Å²) in [5.74, 6) is 0.386. The summed E-state index contributed by atoms with van der Waals surface area (Å²) in [6, 6.07) is 22.2. The first kappa shape index (κ1) is 19.5. The highest BCUT2D eigenvalue weighted by molar-refractivity contribution is 7.97. The fourth-order valence-corrected chi connectivity index (χ4v) is 4.39. The van der Waals surface area contributed by atoms with Gasteiger partial charge in [0.1, 0.15) is 5.75 Å². The summed E-state index contributed by atoms with van der Waals surface area (Å²) in [7, 11) is 1.67. The monoisotopic (exact) mass is 406 g/mol. The van der Waals surface area contributed by atoms with Crippen LogP contribution in [0.15, 0.2) is 71.6 Å². The van der Waals surface area contributed by atoms with Crippen molar-refractivity contribution in [2.24, 2.45) is 0 Å². The SMILES string of the molecule is COc1ccc(-c2ccc(SN3CCc4cc(C(=O)NO)ccc4C3)cc2)cc1. The molecule has 2 N–H and O–H groups in total. The number of carbonyl (C=O) groups is 1. The van der Waals surface area contributed by atoms with Gasteiger partial charge in [0, 0.05) is 23.5 Å². The Labute approximate surface area is 174 Å². The van der Waals surface area contributed by atoms with E-state index < -0.39 is 5.91 Å². The maximum atomic E-state index is 11.6. The van der Waals surface area contributed by atoms with Crippen molar-refractivity contribution < 1.29 is 14.7 Å². The van der Waals surface area contributed by atoms with Crippen molar-refractivity contribution in [3.05, 3.63) is 83.4 Å². The van der Waals surface area contributed by atoms with Gasteiger partial charge in [-0.25, -0.2) is 9.79 Å². The number of ether oxygens (including phenoxy) is 1. The standard InChI is InChI=1S/C23H22N2O3S/c1-28-21-8-4-16(5-9-21)17-6-10-22(11-7-17)29-25-13-12-18-14-19(23(26)24-27)2-3-20(18)15-25/h2-11,14,27H,12-13,15H2,1H3,(H,24,26). The molecule has 0 saturated carbocycles. The van der Waals surface area contributed by atoms with Crippen molar-refractivity contribution >= 4 is 17.9 Å². The third-order valence-electron chi connectivity index (χ3n) is 5.06. The first-order valence-electron chi connectivity index (χ1n) is 9.40. The molecule has 0 aromatic heterocycles. The molecule has 5 nitrogen and oxygen atoms in total. The van der Waals surface area contributed by atoms with E-state index in [-0.39, 0.29) is 0 Å². The van der Waals surface area contributed by atoms with Crippen LogP contribution < -0.4 is 10.2 Å². The Hall–Kier alpha value is -2.80. The normalized spacial score (nSPS) is 13.6. The fourth-order valence-electron chi connectivity index (χ4n) is 3.45. The van der Waals surface area contributed by atoms with Crippen LogP contribution in [0.25, 0.3) is 11.1 Å². The Balaban J connectivity index is 1.41. The highest BCUT2D eigenvalue weighted by Crippen LogP contribution is 2.31. The Bertz CT molecular complexity index is 1000. The zero-order chi connectivity index (χ0) is 20.2. The lowest BCUT2D eigenvalue weighted by Crippen LogP contribution is -2.25. The molecule has 1 amide bonds. The molecule has 3 aromatic rings. The van der Waals surface area contributed by atoms with Crippen molar-refractivity contribution in [1.29, 1.82) is 0 Å². The summed E-state index contributed by atoms with van der Waals surface area (Å²) in [6.45, 7) is 1.73. The van der Waals surface area contributed by atoms with Gasteiger partial charge in [-0.3, -0.25) is 10.0 Å². The molecule has 0 saturated heterocycles. The number of hydrogen-bond donors (Lipinski definition) is 2. The summed E-state index contributed by atoms with van der Waals surface area (Å²) < 4.78 is 7.55. The minimum absolute atomic E-state index is 0.471. The molecule has 0 bridgehead atoms. The number of nitrogens with zero attached hydrogens (tertiary/aromatic N) is 1. The van der Waals surface area contributed by atoms with Crippen LogP contribution in [0.4, 0.5) is 0 Å². The third-order valence-corrected chi connectivity index (χ3v) is 6.11. The number of benzene rings is 3. The van der Waals surface area contributed by atoms with Crippen LogP contribution in [0, 0.1) is 0 Å². The van der Waals surface area contributed by atoms with E-state index in [1.807, 2.05) is 24.3 Å². The highest BCUT2D eigenvalue weighted by atomic mass is 32.2. The third kappa shape index (κ3) is 4.45. The highest BCUT2D eigenvalue weighted by Gasteiger charge is 2.18. The van der Waals surface area contributed by atoms with E-state index in [1.54, 1.807) is 30.6 Å². The molecular formula is C23H22N2O3S. The van der Waals surface area contributed by atoms with Gasteiger partial charge in [0.25, 0.3) is 5.91 Å². The zero-order valence-corrected chi connectivity index (χ0v) is 16.9. The maximum absolute atomic E-state index is 11.6. The van der Waals surface area contributed by atoms with Crippen LogP contribution in [-0.2, 0) is 13.0 Å². The van der Waals surface area contributed by atoms with E-state index >= 15 is 0 Å². The molecule has 1 heterocycles. The molecule has 1 aliphatic heterocycles. The van der Waals surface area contributed by atoms with Gasteiger partial charge >= 0.3 is 0 Å². The summed E-state index contributed by atoms with van der Waals surface area (Å²) >= 11 is 1.75. The van der Waals surface area contributed by atoms with E-state index in [2.05, 4.69) is 40.7 Å². The number of carbonyl (C=O) groups excluding carboxylic acids is 1. The molecule has 148 valence electrons. The minimum atomic E-state index is -0.471. The molecule has 6 heteroatoms. The average Bonchev–Trinajstić information content (AvgIpc) is 2.79. The number of methoxy groups -OCH3 is 1. The van der Waals surface area contributed by atoms with Crippen LogP contribution >= 0.6 is 11.9 Å². The van der Waals surface area contributed by atoms with Crippen LogP contribution in [0.1, 0.15) is 21.5 Å².